The number of methoxy groups -OCH3 is 1. The number of fused-ring (bicyclic) bond motifs is 3. The van der Waals surface area contributed by atoms with Gasteiger partial charge in [-0.25, -0.2) is 4.79 Å². The van der Waals surface area contributed by atoms with Gasteiger partial charge in [0.1, 0.15) is 11.8 Å². The zero-order valence-corrected chi connectivity index (χ0v) is 17.0. The Bertz CT molecular complexity index is 972. The second kappa shape index (κ2) is 7.76. The summed E-state index contributed by atoms with van der Waals surface area (Å²) in [5.41, 5.74) is 1.62. The van der Waals surface area contributed by atoms with Crippen LogP contribution in [0.5, 0.6) is 5.75 Å². The van der Waals surface area contributed by atoms with E-state index in [9.17, 15) is 20.0 Å². The first-order valence-corrected chi connectivity index (χ1v) is 10.4. The molecule has 0 bridgehead atoms. The minimum absolute atomic E-state index is 0.0335. The van der Waals surface area contributed by atoms with E-state index in [1.54, 1.807) is 31.4 Å². The smallest absolute Gasteiger partial charge is 0.326 e. The molecule has 0 aromatic heterocycles. The van der Waals surface area contributed by atoms with Gasteiger partial charge < -0.3 is 15.2 Å². The average molecular weight is 435 g/mol. The number of rotatable bonds is 5. The Labute approximate surface area is 176 Å². The van der Waals surface area contributed by atoms with E-state index >= 15 is 0 Å². The lowest BCUT2D eigenvalue weighted by atomic mass is 9.79. The topological polar surface area (TPSA) is 102 Å². The molecule has 1 aliphatic heterocycles. The number of thioether (sulfide) groups is 1. The number of anilines is 1. The number of ether oxygens (including phenoxy) is 1. The third kappa shape index (κ3) is 3.40. The Kier molecular flexibility index (Phi) is 5.31. The summed E-state index contributed by atoms with van der Waals surface area (Å²) in [5.74, 6) is -0.790. The Hall–Kier alpha value is -2.45. The molecule has 5 atom stereocenters. The second-order valence-electron chi connectivity index (χ2n) is 7.14. The molecule has 0 unspecified atom stereocenters. The zero-order valence-electron chi connectivity index (χ0n) is 15.4. The molecular weight excluding hydrogens is 416 g/mol. The molecule has 1 heterocycles. The fraction of sp³-hybridized carbons (Fsp3) is 0.350. The number of aliphatic carboxylic acids is 1. The molecule has 0 radical (unpaired) electrons. The van der Waals surface area contributed by atoms with Crippen molar-refractivity contribution in [1.82, 2.24) is 0 Å². The van der Waals surface area contributed by atoms with Crippen LogP contribution in [0.4, 0.5) is 11.4 Å². The normalized spacial score (nSPS) is 27.4. The highest BCUT2D eigenvalue weighted by atomic mass is 35.5. The molecule has 4 rings (SSSR count). The van der Waals surface area contributed by atoms with Gasteiger partial charge in [0.05, 0.1) is 28.0 Å². The quantitative estimate of drug-likeness (QED) is 0.409. The van der Waals surface area contributed by atoms with Crippen LogP contribution in [-0.4, -0.2) is 39.8 Å². The maximum absolute atomic E-state index is 12.0. The molecule has 0 saturated heterocycles. The lowest BCUT2D eigenvalue weighted by Crippen LogP contribution is -2.42. The van der Waals surface area contributed by atoms with Crippen LogP contribution in [0.25, 0.3) is 0 Å². The summed E-state index contributed by atoms with van der Waals surface area (Å²) in [7, 11) is 1.54. The van der Waals surface area contributed by atoms with E-state index in [2.05, 4.69) is 5.32 Å². The van der Waals surface area contributed by atoms with Crippen LogP contribution < -0.4 is 10.1 Å². The van der Waals surface area contributed by atoms with Gasteiger partial charge in [-0.1, -0.05) is 24.3 Å². The highest BCUT2D eigenvalue weighted by Gasteiger charge is 2.52. The Morgan fingerprint density at radius 1 is 1.31 bits per heavy atom. The monoisotopic (exact) mass is 434 g/mol. The number of carbonyl (C=O) groups is 1. The van der Waals surface area contributed by atoms with Crippen LogP contribution in [0.1, 0.15) is 17.9 Å². The molecule has 29 heavy (non-hydrogen) atoms. The predicted molar refractivity (Wildman–Crippen MR) is 111 cm³/mol. The Morgan fingerprint density at radius 2 is 2.07 bits per heavy atom. The maximum Gasteiger partial charge on any atom is 0.326 e. The molecule has 152 valence electrons. The van der Waals surface area contributed by atoms with Gasteiger partial charge >= 0.3 is 5.97 Å². The third-order valence-electron chi connectivity index (χ3n) is 5.64. The number of benzene rings is 2. The summed E-state index contributed by atoms with van der Waals surface area (Å²) in [6, 6.07) is 11.3. The Morgan fingerprint density at radius 3 is 2.76 bits per heavy atom. The van der Waals surface area contributed by atoms with Gasteiger partial charge in [-0.3, -0.25) is 10.1 Å². The molecule has 2 aromatic rings. The van der Waals surface area contributed by atoms with E-state index in [0.717, 1.165) is 5.56 Å². The lowest BCUT2D eigenvalue weighted by Gasteiger charge is -2.36. The van der Waals surface area contributed by atoms with Crippen molar-refractivity contribution in [3.63, 3.8) is 0 Å². The summed E-state index contributed by atoms with van der Waals surface area (Å²) >= 11 is 8.23. The minimum atomic E-state index is -0.947. The zero-order chi connectivity index (χ0) is 20.7. The maximum atomic E-state index is 12.0. The first-order valence-electron chi connectivity index (χ1n) is 9.12. The summed E-state index contributed by atoms with van der Waals surface area (Å²) in [5, 5.41) is 23.8. The SMILES string of the molecule is COc1cccc2c1N[C@@H](C(=O)O)[C@H]1C[C@@H](Sc3ccccc3[N+](=O)[O-])[C@@H](Cl)[C@H]21. The van der Waals surface area contributed by atoms with Gasteiger partial charge in [0.15, 0.2) is 0 Å². The standard InChI is InChI=1S/C20H19ClN2O5S/c1-28-13-7-4-5-10-16-11(19(20(24)25)22-18(10)13)9-15(17(16)21)29-14-8-3-2-6-12(14)23(26)27/h2-8,11,15-17,19,22H,9H2,1H3,(H,24,25)/t11-,15+,16+,17+,19+/m0/s1. The fourth-order valence-electron chi connectivity index (χ4n) is 4.40. The largest absolute Gasteiger partial charge is 0.495 e. The van der Waals surface area contributed by atoms with Crippen molar-refractivity contribution in [3.8, 4) is 5.75 Å². The molecule has 2 aromatic carbocycles. The fourth-order valence-corrected chi connectivity index (χ4v) is 6.34. The summed E-state index contributed by atoms with van der Waals surface area (Å²) in [6.45, 7) is 0. The summed E-state index contributed by atoms with van der Waals surface area (Å²) in [6.07, 6.45) is 0.538. The van der Waals surface area contributed by atoms with Crippen LogP contribution in [0.2, 0.25) is 0 Å². The lowest BCUT2D eigenvalue weighted by molar-refractivity contribution is -0.387. The highest BCUT2D eigenvalue weighted by Crippen LogP contribution is 2.56. The van der Waals surface area contributed by atoms with E-state index in [-0.39, 0.29) is 28.2 Å². The minimum Gasteiger partial charge on any atom is -0.495 e. The van der Waals surface area contributed by atoms with Gasteiger partial charge in [0.2, 0.25) is 0 Å². The number of para-hydroxylation sites is 2. The van der Waals surface area contributed by atoms with E-state index in [0.29, 0.717) is 22.8 Å². The number of nitro benzene ring substituents is 1. The second-order valence-corrected chi connectivity index (χ2v) is 8.92. The van der Waals surface area contributed by atoms with Crippen LogP contribution in [0.3, 0.4) is 0 Å². The Balaban J connectivity index is 1.71. The molecule has 9 heteroatoms. The van der Waals surface area contributed by atoms with E-state index in [1.165, 1.54) is 17.8 Å². The first kappa shape index (κ1) is 19.8. The van der Waals surface area contributed by atoms with Crippen molar-refractivity contribution in [2.75, 3.05) is 12.4 Å². The number of halogens is 1. The third-order valence-corrected chi connectivity index (χ3v) is 7.75. The van der Waals surface area contributed by atoms with E-state index in [4.69, 9.17) is 16.3 Å². The van der Waals surface area contributed by atoms with Crippen molar-refractivity contribution in [3.05, 3.63) is 58.1 Å². The van der Waals surface area contributed by atoms with Crippen molar-refractivity contribution in [1.29, 1.82) is 0 Å². The molecule has 2 aliphatic rings. The molecule has 1 fully saturated rings. The molecule has 1 saturated carbocycles. The van der Waals surface area contributed by atoms with Crippen molar-refractivity contribution in [2.24, 2.45) is 5.92 Å². The number of nitrogens with zero attached hydrogens (tertiary/aromatic N) is 1. The number of hydrogen-bond acceptors (Lipinski definition) is 6. The molecule has 0 amide bonds. The summed E-state index contributed by atoms with van der Waals surface area (Å²) in [4.78, 5) is 23.5. The van der Waals surface area contributed by atoms with Gasteiger partial charge in [-0.15, -0.1) is 23.4 Å². The molecule has 2 N–H and O–H groups in total. The highest BCUT2D eigenvalue weighted by molar-refractivity contribution is 8.00. The summed E-state index contributed by atoms with van der Waals surface area (Å²) < 4.78 is 5.41. The van der Waals surface area contributed by atoms with Gasteiger partial charge in [-0.2, -0.15) is 0 Å². The number of carboxylic acids is 1. The number of hydrogen-bond donors (Lipinski definition) is 2. The van der Waals surface area contributed by atoms with Gasteiger partial charge in [0, 0.05) is 17.2 Å². The van der Waals surface area contributed by atoms with Gasteiger partial charge in [-0.05, 0) is 30.0 Å². The number of nitro groups is 1. The number of carboxylic acid groups (broad SMARTS) is 1. The van der Waals surface area contributed by atoms with Crippen molar-refractivity contribution >= 4 is 40.7 Å². The molecule has 1 aliphatic carbocycles. The first-order chi connectivity index (χ1) is 13.9. The number of alkyl halides is 1. The molecule has 0 spiro atoms. The van der Waals surface area contributed by atoms with Crippen molar-refractivity contribution < 1.29 is 19.6 Å². The van der Waals surface area contributed by atoms with Crippen LogP contribution in [0, 0.1) is 16.0 Å². The predicted octanol–water partition coefficient (Wildman–Crippen LogP) is 4.35. The van der Waals surface area contributed by atoms with Crippen LogP contribution in [0.15, 0.2) is 47.4 Å². The average Bonchev–Trinajstić information content (AvgIpc) is 3.03. The van der Waals surface area contributed by atoms with Crippen molar-refractivity contribution in [2.45, 2.75) is 33.9 Å². The van der Waals surface area contributed by atoms with Gasteiger partial charge in [0.25, 0.3) is 5.69 Å². The molecule has 7 nitrogen and oxygen atoms in total. The number of nitrogens with one attached hydrogen (secondary N) is 1. The molecular formula is C20H19ClN2O5S. The van der Waals surface area contributed by atoms with E-state index < -0.39 is 16.9 Å². The van der Waals surface area contributed by atoms with Crippen LogP contribution in [-0.2, 0) is 4.79 Å². The van der Waals surface area contributed by atoms with Crippen LogP contribution >= 0.6 is 23.4 Å². The van der Waals surface area contributed by atoms with E-state index in [1.807, 2.05) is 12.1 Å².